The lowest BCUT2D eigenvalue weighted by Gasteiger charge is -2.31. The molecule has 0 saturated carbocycles. The molecule has 30 heavy (non-hydrogen) atoms. The van der Waals surface area contributed by atoms with Gasteiger partial charge >= 0.3 is 0 Å². The molecule has 1 amide bonds. The highest BCUT2D eigenvalue weighted by Crippen LogP contribution is 2.38. The number of amides is 1. The molecule has 154 valence electrons. The Labute approximate surface area is 176 Å². The number of hydrogen-bond acceptors (Lipinski definition) is 6. The van der Waals surface area contributed by atoms with Gasteiger partial charge in [0.1, 0.15) is 24.5 Å². The second-order valence-electron chi connectivity index (χ2n) is 7.47. The standard InChI is InChI=1S/C23H25N5O2/c1-15(19-5-4-6-21-23(19)30-10-9-28(21)17(3)29)12-25-22-11-20(26-14-27-22)18-8-7-16(2)24-13-18/h4-8,11,13-15H,9-10,12H2,1-3H3,(H,25,26,27). The summed E-state index contributed by atoms with van der Waals surface area (Å²) in [6, 6.07) is 11.9. The van der Waals surface area contributed by atoms with Gasteiger partial charge < -0.3 is 15.0 Å². The monoisotopic (exact) mass is 403 g/mol. The number of rotatable bonds is 5. The third-order valence-corrected chi connectivity index (χ3v) is 5.25. The van der Waals surface area contributed by atoms with Crippen LogP contribution in [0.4, 0.5) is 11.5 Å². The Bertz CT molecular complexity index is 1050. The predicted octanol–water partition coefficient (Wildman–Crippen LogP) is 3.81. The number of hydrogen-bond donors (Lipinski definition) is 1. The first kappa shape index (κ1) is 19.8. The number of anilines is 2. The van der Waals surface area contributed by atoms with Crippen molar-refractivity contribution in [3.63, 3.8) is 0 Å². The molecule has 3 heterocycles. The van der Waals surface area contributed by atoms with E-state index in [9.17, 15) is 4.79 Å². The minimum atomic E-state index is 0.0292. The summed E-state index contributed by atoms with van der Waals surface area (Å²) >= 11 is 0. The van der Waals surface area contributed by atoms with E-state index in [1.54, 1.807) is 18.2 Å². The zero-order chi connectivity index (χ0) is 21.1. The van der Waals surface area contributed by atoms with E-state index in [-0.39, 0.29) is 11.8 Å². The number of nitrogens with zero attached hydrogens (tertiary/aromatic N) is 4. The van der Waals surface area contributed by atoms with E-state index in [0.717, 1.165) is 39.8 Å². The SMILES string of the molecule is CC(=O)N1CCOc2c(C(C)CNc3cc(-c4ccc(C)nc4)ncn3)cccc21. The number of pyridine rings is 1. The number of ether oxygens (including phenoxy) is 1. The molecule has 3 aromatic rings. The van der Waals surface area contributed by atoms with Crippen molar-refractivity contribution < 1.29 is 9.53 Å². The van der Waals surface area contributed by atoms with Gasteiger partial charge in [0, 0.05) is 48.5 Å². The maximum atomic E-state index is 12.0. The van der Waals surface area contributed by atoms with Gasteiger partial charge in [0.2, 0.25) is 5.91 Å². The van der Waals surface area contributed by atoms with Gasteiger partial charge in [-0.05, 0) is 25.1 Å². The molecule has 0 aliphatic carbocycles. The smallest absolute Gasteiger partial charge is 0.224 e. The molecule has 1 aromatic carbocycles. The minimum Gasteiger partial charge on any atom is -0.489 e. The van der Waals surface area contributed by atoms with Gasteiger partial charge in [-0.15, -0.1) is 0 Å². The highest BCUT2D eigenvalue weighted by molar-refractivity contribution is 5.94. The van der Waals surface area contributed by atoms with Crippen LogP contribution >= 0.6 is 0 Å². The molecule has 1 aliphatic rings. The zero-order valence-corrected chi connectivity index (χ0v) is 17.4. The lowest BCUT2D eigenvalue weighted by molar-refractivity contribution is -0.116. The second kappa shape index (κ2) is 8.49. The van der Waals surface area contributed by atoms with Crippen molar-refractivity contribution in [3.8, 4) is 17.0 Å². The normalized spacial score (nSPS) is 13.9. The maximum absolute atomic E-state index is 12.0. The van der Waals surface area contributed by atoms with E-state index in [1.807, 2.05) is 43.5 Å². The molecule has 0 saturated heterocycles. The fourth-order valence-corrected chi connectivity index (χ4v) is 3.59. The van der Waals surface area contributed by atoms with Crippen LogP contribution in [0.25, 0.3) is 11.3 Å². The van der Waals surface area contributed by atoms with E-state index in [0.29, 0.717) is 19.7 Å². The summed E-state index contributed by atoms with van der Waals surface area (Å²) in [5, 5.41) is 3.40. The summed E-state index contributed by atoms with van der Waals surface area (Å²) in [5.74, 6) is 1.73. The van der Waals surface area contributed by atoms with Gasteiger partial charge in [-0.1, -0.05) is 19.1 Å². The van der Waals surface area contributed by atoms with Crippen LogP contribution in [0.2, 0.25) is 0 Å². The average Bonchev–Trinajstić information content (AvgIpc) is 2.77. The number of para-hydroxylation sites is 1. The van der Waals surface area contributed by atoms with Crippen molar-refractivity contribution >= 4 is 17.4 Å². The number of nitrogens with one attached hydrogen (secondary N) is 1. The number of carbonyl (C=O) groups excluding carboxylic acids is 1. The summed E-state index contributed by atoms with van der Waals surface area (Å²) in [6.07, 6.45) is 3.37. The van der Waals surface area contributed by atoms with Crippen LogP contribution in [0.15, 0.2) is 48.9 Å². The molecule has 1 atom stereocenters. The Kier molecular flexibility index (Phi) is 5.61. The number of aryl methyl sites for hydroxylation is 1. The van der Waals surface area contributed by atoms with Gasteiger partial charge in [-0.3, -0.25) is 9.78 Å². The molecule has 1 unspecified atom stereocenters. The Balaban J connectivity index is 1.50. The maximum Gasteiger partial charge on any atom is 0.224 e. The quantitative estimate of drug-likeness (QED) is 0.698. The molecular formula is C23H25N5O2. The first-order valence-electron chi connectivity index (χ1n) is 10.1. The van der Waals surface area contributed by atoms with Crippen molar-refractivity contribution in [2.24, 2.45) is 0 Å². The van der Waals surface area contributed by atoms with E-state index in [4.69, 9.17) is 4.74 Å². The van der Waals surface area contributed by atoms with Gasteiger partial charge in [0.15, 0.2) is 0 Å². The third kappa shape index (κ3) is 4.10. The molecule has 7 nitrogen and oxygen atoms in total. The Morgan fingerprint density at radius 3 is 2.87 bits per heavy atom. The molecule has 0 fully saturated rings. The lowest BCUT2D eigenvalue weighted by atomic mass is 9.98. The van der Waals surface area contributed by atoms with Crippen LogP contribution in [-0.2, 0) is 4.79 Å². The van der Waals surface area contributed by atoms with Crippen molar-refractivity contribution in [1.29, 1.82) is 0 Å². The second-order valence-corrected chi connectivity index (χ2v) is 7.47. The Morgan fingerprint density at radius 2 is 2.10 bits per heavy atom. The first-order valence-corrected chi connectivity index (χ1v) is 10.1. The highest BCUT2D eigenvalue weighted by atomic mass is 16.5. The zero-order valence-electron chi connectivity index (χ0n) is 17.4. The molecule has 1 aliphatic heterocycles. The molecule has 0 radical (unpaired) electrons. The first-order chi connectivity index (χ1) is 14.5. The Morgan fingerprint density at radius 1 is 1.23 bits per heavy atom. The van der Waals surface area contributed by atoms with E-state index < -0.39 is 0 Å². The highest BCUT2D eigenvalue weighted by Gasteiger charge is 2.25. The largest absolute Gasteiger partial charge is 0.489 e. The van der Waals surface area contributed by atoms with Gasteiger partial charge in [-0.2, -0.15) is 0 Å². The molecule has 0 spiro atoms. The number of benzene rings is 1. The van der Waals surface area contributed by atoms with Crippen molar-refractivity contribution in [1.82, 2.24) is 15.0 Å². The van der Waals surface area contributed by atoms with Crippen LogP contribution in [-0.4, -0.2) is 40.6 Å². The van der Waals surface area contributed by atoms with E-state index in [2.05, 4.69) is 33.3 Å². The topological polar surface area (TPSA) is 80.2 Å². The summed E-state index contributed by atoms with van der Waals surface area (Å²) < 4.78 is 5.94. The summed E-state index contributed by atoms with van der Waals surface area (Å²) in [5.41, 5.74) is 4.66. The van der Waals surface area contributed by atoms with Crippen LogP contribution in [0, 0.1) is 6.92 Å². The lowest BCUT2D eigenvalue weighted by Crippen LogP contribution is -2.36. The van der Waals surface area contributed by atoms with Crippen LogP contribution in [0.1, 0.15) is 31.0 Å². The molecule has 2 aromatic heterocycles. The molecular weight excluding hydrogens is 378 g/mol. The van der Waals surface area contributed by atoms with Crippen molar-refractivity contribution in [2.45, 2.75) is 26.7 Å². The van der Waals surface area contributed by atoms with Gasteiger partial charge in [0.05, 0.1) is 17.9 Å². The van der Waals surface area contributed by atoms with Gasteiger partial charge in [0.25, 0.3) is 0 Å². The minimum absolute atomic E-state index is 0.0292. The molecule has 1 N–H and O–H groups in total. The molecule has 4 rings (SSSR count). The summed E-state index contributed by atoms with van der Waals surface area (Å²) in [7, 11) is 0. The average molecular weight is 403 g/mol. The molecule has 0 bridgehead atoms. The van der Waals surface area contributed by atoms with Crippen LogP contribution < -0.4 is 15.0 Å². The summed E-state index contributed by atoms with van der Waals surface area (Å²) in [6.45, 7) is 7.43. The number of carbonyl (C=O) groups is 1. The third-order valence-electron chi connectivity index (χ3n) is 5.25. The van der Waals surface area contributed by atoms with Crippen LogP contribution in [0.3, 0.4) is 0 Å². The van der Waals surface area contributed by atoms with Gasteiger partial charge in [-0.25, -0.2) is 9.97 Å². The predicted molar refractivity (Wildman–Crippen MR) is 117 cm³/mol. The summed E-state index contributed by atoms with van der Waals surface area (Å²) in [4.78, 5) is 26.8. The number of fused-ring (bicyclic) bond motifs is 1. The fourth-order valence-electron chi connectivity index (χ4n) is 3.59. The van der Waals surface area contributed by atoms with E-state index in [1.165, 1.54) is 0 Å². The van der Waals surface area contributed by atoms with Crippen molar-refractivity contribution in [2.75, 3.05) is 29.9 Å². The molecule has 7 heteroatoms. The van der Waals surface area contributed by atoms with Crippen molar-refractivity contribution in [3.05, 3.63) is 60.2 Å². The Hall–Kier alpha value is -3.48. The van der Waals surface area contributed by atoms with E-state index >= 15 is 0 Å². The van der Waals surface area contributed by atoms with Crippen LogP contribution in [0.5, 0.6) is 5.75 Å². The fraction of sp³-hybridized carbons (Fsp3) is 0.304. The number of aromatic nitrogens is 3.